The number of hydrogen-bond donors (Lipinski definition) is 1. The highest BCUT2D eigenvalue weighted by Crippen LogP contribution is 2.23. The first-order chi connectivity index (χ1) is 15.1. The third-order valence-electron chi connectivity index (χ3n) is 5.37. The number of para-hydroxylation sites is 2. The minimum absolute atomic E-state index is 0.0526. The molecule has 2 aromatic carbocycles. The molecule has 2 amide bonds. The topological polar surface area (TPSA) is 80.6 Å². The molecular weight excluding hydrogens is 394 g/mol. The quantitative estimate of drug-likeness (QED) is 0.346. The van der Waals surface area contributed by atoms with Crippen LogP contribution in [-0.2, 0) is 16.1 Å². The smallest absolute Gasteiger partial charge is 0.295 e. The molecule has 4 rings (SSSR count). The van der Waals surface area contributed by atoms with Gasteiger partial charge in [0.1, 0.15) is 18.9 Å². The highest BCUT2D eigenvalue weighted by Gasteiger charge is 2.28. The number of aromatic nitrogens is 1. The number of benzene rings is 2. The first-order valence-corrected chi connectivity index (χ1v) is 10.5. The third-order valence-corrected chi connectivity index (χ3v) is 5.37. The van der Waals surface area contributed by atoms with Crippen LogP contribution >= 0.6 is 0 Å². The number of amides is 2. The molecule has 3 aromatic rings. The number of ketones is 1. The number of likely N-dealkylation sites (tertiary alicyclic amines) is 1. The average molecular weight is 419 g/mol. The molecule has 0 spiro atoms. The summed E-state index contributed by atoms with van der Waals surface area (Å²) in [5, 5.41) is 3.51. The molecular formula is C24H25N3O4. The molecule has 1 aromatic heterocycles. The normalized spacial score (nSPS) is 13.4. The Balaban J connectivity index is 1.41. The van der Waals surface area contributed by atoms with E-state index in [1.807, 2.05) is 54.6 Å². The number of rotatable bonds is 8. The van der Waals surface area contributed by atoms with Gasteiger partial charge in [0.25, 0.3) is 11.7 Å². The summed E-state index contributed by atoms with van der Waals surface area (Å²) in [6.45, 7) is 2.02. The molecule has 31 heavy (non-hydrogen) atoms. The second-order valence-electron chi connectivity index (χ2n) is 7.53. The van der Waals surface area contributed by atoms with Crippen molar-refractivity contribution in [3.63, 3.8) is 0 Å². The zero-order chi connectivity index (χ0) is 21.6. The summed E-state index contributed by atoms with van der Waals surface area (Å²) in [7, 11) is 0. The summed E-state index contributed by atoms with van der Waals surface area (Å²) in [5.74, 6) is -0.433. The predicted octanol–water partition coefficient (Wildman–Crippen LogP) is 2.64. The highest BCUT2D eigenvalue weighted by molar-refractivity contribution is 6.44. The van der Waals surface area contributed by atoms with Crippen LogP contribution in [0.15, 0.2) is 60.8 Å². The molecule has 1 aliphatic heterocycles. The number of hydrogen-bond acceptors (Lipinski definition) is 4. The van der Waals surface area contributed by atoms with Crippen LogP contribution in [0.3, 0.4) is 0 Å². The molecule has 1 aliphatic rings. The van der Waals surface area contributed by atoms with E-state index < -0.39 is 11.7 Å². The third kappa shape index (κ3) is 4.77. The standard InChI is InChI=1S/C24H25N3O4/c28-22(25-12-15-31-18-8-2-1-3-9-18)17-27-16-20(19-10-4-5-11-21(19)27)23(29)24(30)26-13-6-7-14-26/h1-5,8-11,16H,6-7,12-15,17H2,(H,25,28). The number of carbonyl (C=O) groups excluding carboxylic acids is 3. The summed E-state index contributed by atoms with van der Waals surface area (Å²) >= 11 is 0. The van der Waals surface area contributed by atoms with Crippen LogP contribution in [-0.4, -0.2) is 53.3 Å². The van der Waals surface area contributed by atoms with E-state index in [1.165, 1.54) is 0 Å². The lowest BCUT2D eigenvalue weighted by Crippen LogP contribution is -2.34. The Morgan fingerprint density at radius 1 is 0.935 bits per heavy atom. The van der Waals surface area contributed by atoms with E-state index in [4.69, 9.17) is 4.74 Å². The Kier molecular flexibility index (Phi) is 6.31. The molecule has 0 aliphatic carbocycles. The van der Waals surface area contributed by atoms with Crippen molar-refractivity contribution >= 4 is 28.5 Å². The number of ether oxygens (including phenoxy) is 1. The van der Waals surface area contributed by atoms with Crippen molar-refractivity contribution in [2.24, 2.45) is 0 Å². The van der Waals surface area contributed by atoms with Crippen LogP contribution in [0.2, 0.25) is 0 Å². The van der Waals surface area contributed by atoms with Crippen molar-refractivity contribution < 1.29 is 19.1 Å². The number of carbonyl (C=O) groups is 3. The largest absolute Gasteiger partial charge is 0.492 e. The van der Waals surface area contributed by atoms with E-state index in [-0.39, 0.29) is 12.5 Å². The average Bonchev–Trinajstić information content (AvgIpc) is 3.45. The van der Waals surface area contributed by atoms with Crippen molar-refractivity contribution in [2.45, 2.75) is 19.4 Å². The maximum absolute atomic E-state index is 12.9. The van der Waals surface area contributed by atoms with Gasteiger partial charge in [-0.1, -0.05) is 36.4 Å². The fourth-order valence-electron chi connectivity index (χ4n) is 3.82. The zero-order valence-corrected chi connectivity index (χ0v) is 17.3. The van der Waals surface area contributed by atoms with E-state index in [0.29, 0.717) is 37.2 Å². The van der Waals surface area contributed by atoms with E-state index in [9.17, 15) is 14.4 Å². The Hall–Kier alpha value is -3.61. The summed E-state index contributed by atoms with van der Waals surface area (Å²) in [4.78, 5) is 39.5. The van der Waals surface area contributed by atoms with Gasteiger partial charge in [-0.15, -0.1) is 0 Å². The number of nitrogens with zero attached hydrogens (tertiary/aromatic N) is 2. The van der Waals surface area contributed by atoms with Crippen molar-refractivity contribution in [3.05, 3.63) is 66.4 Å². The summed E-state index contributed by atoms with van der Waals surface area (Å²) < 4.78 is 7.29. The van der Waals surface area contributed by atoms with E-state index in [2.05, 4.69) is 5.32 Å². The summed E-state index contributed by atoms with van der Waals surface area (Å²) in [6.07, 6.45) is 3.46. The van der Waals surface area contributed by atoms with Crippen LogP contribution in [0.4, 0.5) is 0 Å². The minimum Gasteiger partial charge on any atom is -0.492 e. The molecule has 0 saturated carbocycles. The first-order valence-electron chi connectivity index (χ1n) is 10.5. The van der Waals surface area contributed by atoms with Gasteiger partial charge in [0.2, 0.25) is 5.91 Å². The minimum atomic E-state index is -0.520. The zero-order valence-electron chi connectivity index (χ0n) is 17.3. The molecule has 0 unspecified atom stereocenters. The van der Waals surface area contributed by atoms with Crippen molar-refractivity contribution in [2.75, 3.05) is 26.2 Å². The summed E-state index contributed by atoms with van der Waals surface area (Å²) in [5.41, 5.74) is 1.09. The lowest BCUT2D eigenvalue weighted by atomic mass is 10.1. The van der Waals surface area contributed by atoms with Crippen molar-refractivity contribution in [1.29, 1.82) is 0 Å². The van der Waals surface area contributed by atoms with Gasteiger partial charge >= 0.3 is 0 Å². The monoisotopic (exact) mass is 419 g/mol. The molecule has 1 fully saturated rings. The van der Waals surface area contributed by atoms with E-state index >= 15 is 0 Å². The molecule has 160 valence electrons. The molecule has 0 bridgehead atoms. The van der Waals surface area contributed by atoms with Gasteiger partial charge in [0.15, 0.2) is 0 Å². The summed E-state index contributed by atoms with van der Waals surface area (Å²) in [6, 6.07) is 16.7. The van der Waals surface area contributed by atoms with Crippen LogP contribution in [0.25, 0.3) is 10.9 Å². The molecule has 0 radical (unpaired) electrons. The van der Waals surface area contributed by atoms with Gasteiger partial charge in [0.05, 0.1) is 12.1 Å². The predicted molar refractivity (Wildman–Crippen MR) is 117 cm³/mol. The SMILES string of the molecule is O=C(Cn1cc(C(=O)C(=O)N2CCCC2)c2ccccc21)NCCOc1ccccc1. The van der Waals surface area contributed by atoms with E-state index in [0.717, 1.165) is 24.1 Å². The highest BCUT2D eigenvalue weighted by atomic mass is 16.5. The van der Waals surface area contributed by atoms with Gasteiger partial charge in [-0.05, 0) is 31.0 Å². The van der Waals surface area contributed by atoms with Crippen molar-refractivity contribution in [3.8, 4) is 5.75 Å². The molecule has 1 saturated heterocycles. The molecule has 2 heterocycles. The van der Waals surface area contributed by atoms with Crippen LogP contribution in [0.1, 0.15) is 23.2 Å². The molecule has 0 atom stereocenters. The second kappa shape index (κ2) is 9.47. The van der Waals surface area contributed by atoms with Crippen molar-refractivity contribution in [1.82, 2.24) is 14.8 Å². The molecule has 7 nitrogen and oxygen atoms in total. The Labute approximate surface area is 180 Å². The molecule has 7 heteroatoms. The maximum atomic E-state index is 12.9. The first kappa shape index (κ1) is 20.7. The van der Waals surface area contributed by atoms with Gasteiger partial charge in [-0.2, -0.15) is 0 Å². The Morgan fingerprint density at radius 2 is 1.65 bits per heavy atom. The number of fused-ring (bicyclic) bond motifs is 1. The van der Waals surface area contributed by atoms with Gasteiger partial charge in [-0.3, -0.25) is 14.4 Å². The fourth-order valence-corrected chi connectivity index (χ4v) is 3.82. The van der Waals surface area contributed by atoms with Crippen LogP contribution in [0.5, 0.6) is 5.75 Å². The number of nitrogens with one attached hydrogen (secondary N) is 1. The number of Topliss-reactive ketones (excluding diaryl/α,β-unsaturated/α-hetero) is 1. The van der Waals surface area contributed by atoms with Gasteiger partial charge in [-0.25, -0.2) is 0 Å². The van der Waals surface area contributed by atoms with Gasteiger partial charge < -0.3 is 19.5 Å². The second-order valence-corrected chi connectivity index (χ2v) is 7.53. The fraction of sp³-hybridized carbons (Fsp3) is 0.292. The van der Waals surface area contributed by atoms with Crippen LogP contribution < -0.4 is 10.1 Å². The van der Waals surface area contributed by atoms with E-state index in [1.54, 1.807) is 15.7 Å². The maximum Gasteiger partial charge on any atom is 0.295 e. The van der Waals surface area contributed by atoms with Crippen LogP contribution in [0, 0.1) is 0 Å². The Morgan fingerprint density at radius 3 is 2.42 bits per heavy atom. The van der Waals surface area contributed by atoms with Gasteiger partial charge in [0, 0.05) is 30.2 Å². The lowest BCUT2D eigenvalue weighted by Gasteiger charge is -2.13. The lowest BCUT2D eigenvalue weighted by molar-refractivity contribution is -0.125. The molecule has 1 N–H and O–H groups in total. The Bertz CT molecular complexity index is 1080.